The second kappa shape index (κ2) is 7.67. The summed E-state index contributed by atoms with van der Waals surface area (Å²) >= 11 is 0. The smallest absolute Gasteiger partial charge is 0.328 e. The third-order valence-electron chi connectivity index (χ3n) is 2.28. The van der Waals surface area contributed by atoms with E-state index in [9.17, 15) is 14.7 Å². The summed E-state index contributed by atoms with van der Waals surface area (Å²) in [6.45, 7) is 5.39. The molecule has 6 heteroatoms. The maximum absolute atomic E-state index is 11.6. The van der Waals surface area contributed by atoms with E-state index in [1.54, 1.807) is 13.1 Å². The van der Waals surface area contributed by atoms with Gasteiger partial charge in [-0.1, -0.05) is 6.08 Å². The Bertz CT molecular complexity index is 279. The molecule has 2 unspecified atom stereocenters. The fraction of sp³-hybridized carbons (Fsp3) is 0.636. The average molecular weight is 244 g/mol. The van der Waals surface area contributed by atoms with Gasteiger partial charge in [0.2, 0.25) is 0 Å². The Morgan fingerprint density at radius 2 is 2.12 bits per heavy atom. The summed E-state index contributed by atoms with van der Waals surface area (Å²) in [7, 11) is 1.57. The number of urea groups is 1. The van der Waals surface area contributed by atoms with Crippen LogP contribution in [0.2, 0.25) is 0 Å². The first kappa shape index (κ1) is 15.4. The number of nitrogens with one attached hydrogen (secondary N) is 1. The van der Waals surface area contributed by atoms with Gasteiger partial charge in [-0.15, -0.1) is 6.58 Å². The molecule has 0 fully saturated rings. The zero-order chi connectivity index (χ0) is 13.4. The van der Waals surface area contributed by atoms with Crippen LogP contribution in [0.4, 0.5) is 4.79 Å². The Morgan fingerprint density at radius 1 is 1.53 bits per heavy atom. The number of carbonyl (C=O) groups is 2. The molecule has 0 saturated heterocycles. The van der Waals surface area contributed by atoms with E-state index in [-0.39, 0.29) is 0 Å². The number of carbonyl (C=O) groups excluding carboxylic acids is 1. The van der Waals surface area contributed by atoms with Gasteiger partial charge in [-0.2, -0.15) is 0 Å². The number of aliphatic hydroxyl groups is 1. The van der Waals surface area contributed by atoms with Gasteiger partial charge in [0.25, 0.3) is 0 Å². The van der Waals surface area contributed by atoms with Gasteiger partial charge in [0.1, 0.15) is 0 Å². The summed E-state index contributed by atoms with van der Waals surface area (Å²) in [5, 5.41) is 20.2. The van der Waals surface area contributed by atoms with E-state index in [4.69, 9.17) is 5.11 Å². The summed E-state index contributed by atoms with van der Waals surface area (Å²) < 4.78 is 0. The lowest BCUT2D eigenvalue weighted by Crippen LogP contribution is -2.51. The van der Waals surface area contributed by atoms with Gasteiger partial charge < -0.3 is 20.4 Å². The van der Waals surface area contributed by atoms with Crippen LogP contribution in [0, 0.1) is 0 Å². The number of carboxylic acids is 1. The van der Waals surface area contributed by atoms with Crippen LogP contribution in [0.1, 0.15) is 19.8 Å². The Kier molecular flexibility index (Phi) is 6.97. The molecule has 0 aliphatic carbocycles. The molecule has 98 valence electrons. The molecule has 2 amide bonds. The highest BCUT2D eigenvalue weighted by atomic mass is 16.4. The lowest BCUT2D eigenvalue weighted by atomic mass is 10.2. The summed E-state index contributed by atoms with van der Waals surface area (Å²) in [4.78, 5) is 23.7. The monoisotopic (exact) mass is 244 g/mol. The van der Waals surface area contributed by atoms with E-state index >= 15 is 0 Å². The summed E-state index contributed by atoms with van der Waals surface area (Å²) in [6, 6.07) is -1.80. The highest BCUT2D eigenvalue weighted by molar-refractivity contribution is 5.82. The fourth-order valence-electron chi connectivity index (χ4n) is 1.21. The van der Waals surface area contributed by atoms with Crippen molar-refractivity contribution >= 4 is 12.0 Å². The van der Waals surface area contributed by atoms with Gasteiger partial charge in [-0.25, -0.2) is 9.59 Å². The van der Waals surface area contributed by atoms with Crippen LogP contribution in [0.5, 0.6) is 0 Å². The molecule has 0 bridgehead atoms. The number of aliphatic hydroxyl groups excluding tert-OH is 1. The molecule has 3 N–H and O–H groups in total. The largest absolute Gasteiger partial charge is 0.480 e. The topological polar surface area (TPSA) is 89.9 Å². The lowest BCUT2D eigenvalue weighted by Gasteiger charge is -2.22. The molecular weight excluding hydrogens is 224 g/mol. The average Bonchev–Trinajstić information content (AvgIpc) is 2.24. The van der Waals surface area contributed by atoms with Gasteiger partial charge >= 0.3 is 12.0 Å². The second-order valence-electron chi connectivity index (χ2n) is 3.86. The maximum Gasteiger partial charge on any atom is 0.328 e. The number of hydrogen-bond donors (Lipinski definition) is 3. The van der Waals surface area contributed by atoms with E-state index < -0.39 is 24.1 Å². The van der Waals surface area contributed by atoms with Crippen LogP contribution >= 0.6 is 0 Å². The van der Waals surface area contributed by atoms with Gasteiger partial charge in [0.15, 0.2) is 6.04 Å². The van der Waals surface area contributed by atoms with Crippen molar-refractivity contribution < 1.29 is 19.8 Å². The molecule has 0 heterocycles. The minimum atomic E-state index is -1.29. The maximum atomic E-state index is 11.6. The van der Waals surface area contributed by atoms with Crippen molar-refractivity contribution in [1.82, 2.24) is 10.2 Å². The van der Waals surface area contributed by atoms with Crippen molar-refractivity contribution in [3.8, 4) is 0 Å². The molecule has 0 aromatic rings. The van der Waals surface area contributed by atoms with Crippen molar-refractivity contribution in [1.29, 1.82) is 0 Å². The molecule has 2 atom stereocenters. The molecule has 0 spiro atoms. The molecule has 0 radical (unpaired) electrons. The molecule has 0 aromatic heterocycles. The zero-order valence-electron chi connectivity index (χ0n) is 10.2. The molecule has 0 rings (SSSR count). The number of unbranched alkanes of at least 4 members (excludes halogenated alkanes) is 1. The van der Waals surface area contributed by atoms with Crippen LogP contribution in [0.3, 0.4) is 0 Å². The van der Waals surface area contributed by atoms with Gasteiger partial charge in [-0.3, -0.25) is 0 Å². The first-order chi connectivity index (χ1) is 7.90. The quantitative estimate of drug-likeness (QED) is 0.447. The Labute approximate surface area is 101 Å². The predicted molar refractivity (Wildman–Crippen MR) is 63.7 cm³/mol. The van der Waals surface area contributed by atoms with E-state index in [1.807, 2.05) is 0 Å². The normalized spacial score (nSPS) is 13.6. The summed E-state index contributed by atoms with van der Waals surface area (Å²) in [5.41, 5.74) is 0. The molecule has 17 heavy (non-hydrogen) atoms. The first-order valence-electron chi connectivity index (χ1n) is 5.43. The van der Waals surface area contributed by atoms with Crippen LogP contribution in [0.25, 0.3) is 0 Å². The van der Waals surface area contributed by atoms with Gasteiger partial charge in [-0.05, 0) is 19.8 Å². The Hall–Kier alpha value is -1.56. The SMILES string of the molecule is C=CCCCN(C)C(=O)NC(C(=O)O)C(C)O. The van der Waals surface area contributed by atoms with E-state index in [2.05, 4.69) is 11.9 Å². The molecule has 0 aliphatic rings. The van der Waals surface area contributed by atoms with Gasteiger partial charge in [0, 0.05) is 13.6 Å². The number of hydrogen-bond acceptors (Lipinski definition) is 3. The number of carboxylic acid groups (broad SMARTS) is 1. The third-order valence-corrected chi connectivity index (χ3v) is 2.28. The van der Waals surface area contributed by atoms with Crippen LogP contribution in [-0.4, -0.2) is 52.9 Å². The number of rotatable bonds is 7. The van der Waals surface area contributed by atoms with Crippen molar-refractivity contribution in [3.63, 3.8) is 0 Å². The predicted octanol–water partition coefficient (Wildman–Crippen LogP) is 0.428. The molecule has 0 aromatic carbocycles. The van der Waals surface area contributed by atoms with Crippen molar-refractivity contribution in [2.75, 3.05) is 13.6 Å². The molecule has 0 saturated carbocycles. The zero-order valence-corrected chi connectivity index (χ0v) is 10.2. The Balaban J connectivity index is 4.21. The lowest BCUT2D eigenvalue weighted by molar-refractivity contribution is -0.141. The number of amides is 2. The van der Waals surface area contributed by atoms with E-state index in [0.717, 1.165) is 12.8 Å². The molecule has 6 nitrogen and oxygen atoms in total. The van der Waals surface area contributed by atoms with Crippen molar-refractivity contribution in [2.24, 2.45) is 0 Å². The van der Waals surface area contributed by atoms with Gasteiger partial charge in [0.05, 0.1) is 6.10 Å². The molecular formula is C11H20N2O4. The minimum Gasteiger partial charge on any atom is -0.480 e. The highest BCUT2D eigenvalue weighted by Gasteiger charge is 2.25. The van der Waals surface area contributed by atoms with Crippen LogP contribution in [-0.2, 0) is 4.79 Å². The number of allylic oxidation sites excluding steroid dienone is 1. The summed E-state index contributed by atoms with van der Waals surface area (Å²) in [6.07, 6.45) is 2.16. The highest BCUT2D eigenvalue weighted by Crippen LogP contribution is 1.98. The summed E-state index contributed by atoms with van der Waals surface area (Å²) in [5.74, 6) is -1.26. The number of aliphatic carboxylic acids is 1. The van der Waals surface area contributed by atoms with Crippen LogP contribution < -0.4 is 5.32 Å². The fourth-order valence-corrected chi connectivity index (χ4v) is 1.21. The van der Waals surface area contributed by atoms with Crippen molar-refractivity contribution in [3.05, 3.63) is 12.7 Å². The molecule has 0 aliphatic heterocycles. The second-order valence-corrected chi connectivity index (χ2v) is 3.86. The standard InChI is InChI=1S/C11H20N2O4/c1-4-5-6-7-13(3)11(17)12-9(8(2)14)10(15)16/h4,8-9,14H,1,5-7H2,2-3H3,(H,12,17)(H,15,16). The van der Waals surface area contributed by atoms with Crippen molar-refractivity contribution in [2.45, 2.75) is 31.9 Å². The van der Waals surface area contributed by atoms with E-state index in [1.165, 1.54) is 11.8 Å². The third kappa shape index (κ3) is 5.91. The first-order valence-corrected chi connectivity index (χ1v) is 5.43. The number of nitrogens with zero attached hydrogens (tertiary/aromatic N) is 1. The van der Waals surface area contributed by atoms with E-state index in [0.29, 0.717) is 6.54 Å². The minimum absolute atomic E-state index is 0.504. The Morgan fingerprint density at radius 3 is 2.53 bits per heavy atom. The van der Waals surface area contributed by atoms with Crippen LogP contribution in [0.15, 0.2) is 12.7 Å².